The molecular formula is C24H24N4O2. The number of nitrogen functional groups attached to an aromatic ring is 1. The Morgan fingerprint density at radius 1 is 1.07 bits per heavy atom. The molecule has 0 radical (unpaired) electrons. The number of fused-ring (bicyclic) bond motifs is 1. The molecule has 0 aliphatic rings. The van der Waals surface area contributed by atoms with Crippen LogP contribution in [-0.4, -0.2) is 37.2 Å². The first-order chi connectivity index (χ1) is 14.5. The van der Waals surface area contributed by atoms with Gasteiger partial charge in [0.15, 0.2) is 5.78 Å². The van der Waals surface area contributed by atoms with E-state index in [0.717, 1.165) is 33.3 Å². The zero-order valence-electron chi connectivity index (χ0n) is 17.3. The Balaban J connectivity index is 1.62. The highest BCUT2D eigenvalue weighted by Gasteiger charge is 2.19. The third-order valence-corrected chi connectivity index (χ3v) is 5.20. The second-order valence-electron chi connectivity index (χ2n) is 7.42. The van der Waals surface area contributed by atoms with E-state index in [0.29, 0.717) is 17.1 Å². The van der Waals surface area contributed by atoms with Crippen LogP contribution in [0, 0.1) is 0 Å². The lowest BCUT2D eigenvalue weighted by Gasteiger charge is -2.17. The number of hydrogen-bond donors (Lipinski definition) is 2. The van der Waals surface area contributed by atoms with Crippen LogP contribution >= 0.6 is 0 Å². The maximum atomic E-state index is 12.9. The van der Waals surface area contributed by atoms with Crippen molar-refractivity contribution in [2.75, 3.05) is 31.8 Å². The summed E-state index contributed by atoms with van der Waals surface area (Å²) in [5, 5.41) is 9.42. The number of Topliss-reactive ketones (excluding diaryl/α,β-unsaturated/α-hetero) is 1. The van der Waals surface area contributed by atoms with Crippen molar-refractivity contribution in [3.8, 4) is 17.0 Å². The molecule has 152 valence electrons. The first-order valence-corrected chi connectivity index (χ1v) is 9.68. The third-order valence-electron chi connectivity index (χ3n) is 5.20. The van der Waals surface area contributed by atoms with E-state index in [1.54, 1.807) is 7.11 Å². The van der Waals surface area contributed by atoms with Gasteiger partial charge in [0.2, 0.25) is 0 Å². The maximum absolute atomic E-state index is 12.9. The van der Waals surface area contributed by atoms with Crippen molar-refractivity contribution in [1.29, 1.82) is 0 Å². The number of aromatic amines is 1. The number of nitrogens with zero attached hydrogens (tertiary/aromatic N) is 2. The quantitative estimate of drug-likeness (QED) is 0.471. The summed E-state index contributed by atoms with van der Waals surface area (Å²) in [6.07, 6.45) is 0.252. The van der Waals surface area contributed by atoms with Crippen LogP contribution in [0.15, 0.2) is 60.7 Å². The molecular weight excluding hydrogens is 376 g/mol. The highest BCUT2D eigenvalue weighted by Crippen LogP contribution is 2.34. The molecule has 0 amide bonds. The summed E-state index contributed by atoms with van der Waals surface area (Å²) in [5.74, 6) is 0.660. The van der Waals surface area contributed by atoms with Gasteiger partial charge >= 0.3 is 0 Å². The van der Waals surface area contributed by atoms with Crippen molar-refractivity contribution in [1.82, 2.24) is 10.2 Å². The molecule has 0 fully saturated rings. The predicted molar refractivity (Wildman–Crippen MR) is 121 cm³/mol. The molecule has 0 spiro atoms. The van der Waals surface area contributed by atoms with Crippen molar-refractivity contribution in [2.24, 2.45) is 0 Å². The van der Waals surface area contributed by atoms with Crippen LogP contribution in [0.25, 0.3) is 22.0 Å². The number of carbonyl (C=O) groups excluding carboxylic acids is 1. The molecule has 1 aromatic heterocycles. The van der Waals surface area contributed by atoms with Gasteiger partial charge in [-0.3, -0.25) is 9.89 Å². The van der Waals surface area contributed by atoms with E-state index < -0.39 is 0 Å². The molecule has 1 heterocycles. The molecule has 0 bridgehead atoms. The fraction of sp³-hybridized carbons (Fsp3) is 0.167. The summed E-state index contributed by atoms with van der Waals surface area (Å²) >= 11 is 0. The van der Waals surface area contributed by atoms with Crippen molar-refractivity contribution >= 4 is 27.9 Å². The second kappa shape index (κ2) is 7.91. The predicted octanol–water partition coefficient (Wildman–Crippen LogP) is 4.31. The Morgan fingerprint density at radius 3 is 2.57 bits per heavy atom. The summed E-state index contributed by atoms with van der Waals surface area (Å²) < 4.78 is 5.41. The Bertz CT molecular complexity index is 1230. The Kier molecular flexibility index (Phi) is 5.14. The highest BCUT2D eigenvalue weighted by atomic mass is 16.5. The molecule has 0 unspecified atom stereocenters. The lowest BCUT2D eigenvalue weighted by Crippen LogP contribution is -2.10. The Hall–Kier alpha value is -3.80. The molecule has 3 N–H and O–H groups in total. The van der Waals surface area contributed by atoms with Gasteiger partial charge in [-0.1, -0.05) is 42.5 Å². The lowest BCUT2D eigenvalue weighted by molar-refractivity contribution is 0.0989. The molecule has 0 aliphatic carbocycles. The van der Waals surface area contributed by atoms with Crippen LogP contribution in [0.5, 0.6) is 5.75 Å². The van der Waals surface area contributed by atoms with E-state index in [4.69, 9.17) is 10.5 Å². The number of aromatic nitrogens is 2. The summed E-state index contributed by atoms with van der Waals surface area (Å²) in [4.78, 5) is 14.9. The minimum atomic E-state index is -0.0946. The van der Waals surface area contributed by atoms with Crippen LogP contribution in [0.1, 0.15) is 16.1 Å². The molecule has 4 rings (SSSR count). The monoisotopic (exact) mass is 400 g/mol. The highest BCUT2D eigenvalue weighted by molar-refractivity contribution is 6.03. The van der Waals surface area contributed by atoms with Crippen LogP contribution < -0.4 is 15.4 Å². The fourth-order valence-electron chi connectivity index (χ4n) is 3.59. The standard InChI is InChI=1S/C24H24N4O2/c1-28(2)19-14-18(10-11-21(19)30-3)23-22(25)24(27-26-23)20(29)13-15-8-9-16-6-4-5-7-17(16)12-15/h4-12,14H,13,25H2,1-3H3,(H,26,27). The van der Waals surface area contributed by atoms with E-state index in [-0.39, 0.29) is 12.2 Å². The smallest absolute Gasteiger partial charge is 0.187 e. The zero-order chi connectivity index (χ0) is 21.3. The molecule has 6 heteroatoms. The van der Waals surface area contributed by atoms with Crippen molar-refractivity contribution in [2.45, 2.75) is 6.42 Å². The largest absolute Gasteiger partial charge is 0.495 e. The summed E-state index contributed by atoms with van der Waals surface area (Å²) in [5.41, 5.74) is 10.2. The van der Waals surface area contributed by atoms with Crippen molar-refractivity contribution in [3.05, 3.63) is 71.9 Å². The number of nitrogens with one attached hydrogen (secondary N) is 1. The number of ketones is 1. The first-order valence-electron chi connectivity index (χ1n) is 9.68. The van der Waals surface area contributed by atoms with Gasteiger partial charge in [-0.15, -0.1) is 0 Å². The number of carbonyl (C=O) groups is 1. The van der Waals surface area contributed by atoms with Gasteiger partial charge in [0.25, 0.3) is 0 Å². The summed E-state index contributed by atoms with van der Waals surface area (Å²) in [6.45, 7) is 0. The third kappa shape index (κ3) is 3.59. The van der Waals surface area contributed by atoms with E-state index in [1.807, 2.05) is 73.6 Å². The number of hydrogen-bond acceptors (Lipinski definition) is 5. The van der Waals surface area contributed by atoms with E-state index in [1.165, 1.54) is 0 Å². The maximum Gasteiger partial charge on any atom is 0.187 e. The van der Waals surface area contributed by atoms with Crippen molar-refractivity contribution in [3.63, 3.8) is 0 Å². The number of methoxy groups -OCH3 is 1. The summed E-state index contributed by atoms with van der Waals surface area (Å²) in [7, 11) is 5.51. The fourth-order valence-corrected chi connectivity index (χ4v) is 3.59. The van der Waals surface area contributed by atoms with Crippen LogP contribution in [-0.2, 0) is 6.42 Å². The van der Waals surface area contributed by atoms with Crippen molar-refractivity contribution < 1.29 is 9.53 Å². The first kappa shape index (κ1) is 19.5. The summed E-state index contributed by atoms with van der Waals surface area (Å²) in [6, 6.07) is 19.8. The van der Waals surface area contributed by atoms with Crippen LogP contribution in [0.2, 0.25) is 0 Å². The van der Waals surface area contributed by atoms with E-state index >= 15 is 0 Å². The topological polar surface area (TPSA) is 84.2 Å². The number of anilines is 2. The molecule has 0 saturated carbocycles. The van der Waals surface area contributed by atoms with Crippen LogP contribution in [0.3, 0.4) is 0 Å². The molecule has 30 heavy (non-hydrogen) atoms. The van der Waals surface area contributed by atoms with Gasteiger partial charge in [0.1, 0.15) is 17.1 Å². The van der Waals surface area contributed by atoms with E-state index in [2.05, 4.69) is 16.3 Å². The van der Waals surface area contributed by atoms with Crippen LogP contribution in [0.4, 0.5) is 11.4 Å². The number of nitrogens with two attached hydrogens (primary N) is 1. The zero-order valence-corrected chi connectivity index (χ0v) is 17.3. The minimum absolute atomic E-state index is 0.0946. The lowest BCUT2D eigenvalue weighted by atomic mass is 10.0. The normalized spacial score (nSPS) is 10.9. The van der Waals surface area contributed by atoms with Gasteiger partial charge in [-0.2, -0.15) is 5.10 Å². The second-order valence-corrected chi connectivity index (χ2v) is 7.42. The van der Waals surface area contributed by atoms with Gasteiger partial charge in [-0.05, 0) is 34.5 Å². The van der Waals surface area contributed by atoms with Gasteiger partial charge in [0, 0.05) is 26.1 Å². The minimum Gasteiger partial charge on any atom is -0.495 e. The Morgan fingerprint density at radius 2 is 1.83 bits per heavy atom. The molecule has 0 saturated heterocycles. The number of H-pyrrole nitrogens is 1. The molecule has 3 aromatic carbocycles. The number of benzene rings is 3. The van der Waals surface area contributed by atoms with Gasteiger partial charge < -0.3 is 15.4 Å². The molecule has 0 aliphatic heterocycles. The number of ether oxygens (including phenoxy) is 1. The molecule has 6 nitrogen and oxygen atoms in total. The van der Waals surface area contributed by atoms with Gasteiger partial charge in [-0.25, -0.2) is 0 Å². The molecule has 4 aromatic rings. The number of rotatable bonds is 6. The van der Waals surface area contributed by atoms with E-state index in [9.17, 15) is 4.79 Å². The molecule has 0 atom stereocenters. The van der Waals surface area contributed by atoms with Gasteiger partial charge in [0.05, 0.1) is 18.5 Å². The average Bonchev–Trinajstić information content (AvgIpc) is 3.14. The average molecular weight is 400 g/mol. The SMILES string of the molecule is COc1ccc(-c2n[nH]c(C(=O)Cc3ccc4ccccc4c3)c2N)cc1N(C)C. The Labute approximate surface area is 175 Å².